The lowest BCUT2D eigenvalue weighted by molar-refractivity contribution is 0.339. The molecule has 106 valence electrons. The summed E-state index contributed by atoms with van der Waals surface area (Å²) in [5, 5.41) is 5.28. The summed E-state index contributed by atoms with van der Waals surface area (Å²) in [5.41, 5.74) is 1.16. The number of rotatable bonds is 7. The van der Waals surface area contributed by atoms with Crippen LogP contribution in [0.2, 0.25) is 10.0 Å². The summed E-state index contributed by atoms with van der Waals surface area (Å²) in [4.78, 5) is 0. The van der Waals surface area contributed by atoms with Crippen molar-refractivity contribution in [1.82, 2.24) is 5.32 Å². The molecule has 0 saturated heterocycles. The van der Waals surface area contributed by atoms with Crippen LogP contribution in [-0.4, -0.2) is 12.6 Å². The van der Waals surface area contributed by atoms with E-state index >= 15 is 0 Å². The molecule has 2 rings (SSSR count). The van der Waals surface area contributed by atoms with E-state index in [2.05, 4.69) is 19.2 Å². The molecule has 1 saturated carbocycles. The van der Waals surface area contributed by atoms with Gasteiger partial charge in [-0.15, -0.1) is 0 Å². The van der Waals surface area contributed by atoms with Gasteiger partial charge >= 0.3 is 0 Å². The van der Waals surface area contributed by atoms with Gasteiger partial charge in [-0.1, -0.05) is 37.0 Å². The van der Waals surface area contributed by atoms with Gasteiger partial charge in [0, 0.05) is 16.1 Å². The molecule has 1 fully saturated rings. The SMILES string of the molecule is CCCNC(Cc1cc(Cl)ccc1Cl)C(C)C1CC1. The van der Waals surface area contributed by atoms with Gasteiger partial charge in [0.25, 0.3) is 0 Å². The van der Waals surface area contributed by atoms with Gasteiger partial charge in [0.15, 0.2) is 0 Å². The van der Waals surface area contributed by atoms with Gasteiger partial charge in [0.05, 0.1) is 0 Å². The predicted molar refractivity (Wildman–Crippen MR) is 84.1 cm³/mol. The molecule has 0 spiro atoms. The molecular formula is C16H23Cl2N. The van der Waals surface area contributed by atoms with Crippen molar-refractivity contribution in [2.75, 3.05) is 6.54 Å². The molecule has 0 aliphatic heterocycles. The maximum absolute atomic E-state index is 6.29. The zero-order chi connectivity index (χ0) is 13.8. The predicted octanol–water partition coefficient (Wildman–Crippen LogP) is 4.95. The quantitative estimate of drug-likeness (QED) is 0.751. The average Bonchev–Trinajstić information content (AvgIpc) is 3.22. The van der Waals surface area contributed by atoms with Gasteiger partial charge in [-0.05, 0) is 67.8 Å². The number of halogens is 2. The molecular weight excluding hydrogens is 277 g/mol. The van der Waals surface area contributed by atoms with Crippen molar-refractivity contribution in [2.24, 2.45) is 11.8 Å². The second-order valence-electron chi connectivity index (χ2n) is 5.70. The van der Waals surface area contributed by atoms with E-state index in [-0.39, 0.29) is 0 Å². The average molecular weight is 300 g/mol. The van der Waals surface area contributed by atoms with Crippen molar-refractivity contribution in [1.29, 1.82) is 0 Å². The Morgan fingerprint density at radius 2 is 2.05 bits per heavy atom. The Hall–Kier alpha value is -0.240. The summed E-state index contributed by atoms with van der Waals surface area (Å²) in [6.45, 7) is 5.64. The van der Waals surface area contributed by atoms with Gasteiger partial charge in [-0.25, -0.2) is 0 Å². The lowest BCUT2D eigenvalue weighted by Crippen LogP contribution is -2.38. The Labute approximate surface area is 126 Å². The standard InChI is InChI=1S/C16H23Cl2N/c1-3-8-19-16(11(2)12-4-5-12)10-13-9-14(17)6-7-15(13)18/h6-7,9,11-12,16,19H,3-5,8,10H2,1-2H3. The Kier molecular flexibility index (Phi) is 5.56. The van der Waals surface area contributed by atoms with E-state index in [9.17, 15) is 0 Å². The van der Waals surface area contributed by atoms with E-state index in [0.717, 1.165) is 40.9 Å². The van der Waals surface area contributed by atoms with Crippen LogP contribution < -0.4 is 5.32 Å². The second-order valence-corrected chi connectivity index (χ2v) is 6.54. The highest BCUT2D eigenvalue weighted by Crippen LogP contribution is 2.39. The molecule has 1 aromatic rings. The van der Waals surface area contributed by atoms with Crippen LogP contribution in [0, 0.1) is 11.8 Å². The van der Waals surface area contributed by atoms with Crippen LogP contribution in [0.1, 0.15) is 38.7 Å². The number of benzene rings is 1. The minimum Gasteiger partial charge on any atom is -0.313 e. The molecule has 3 heteroatoms. The Morgan fingerprint density at radius 3 is 2.68 bits per heavy atom. The first-order chi connectivity index (χ1) is 9.11. The molecule has 2 atom stereocenters. The first-order valence-corrected chi connectivity index (χ1v) is 8.04. The molecule has 0 bridgehead atoms. The smallest absolute Gasteiger partial charge is 0.0439 e. The van der Waals surface area contributed by atoms with Crippen LogP contribution in [0.5, 0.6) is 0 Å². The topological polar surface area (TPSA) is 12.0 Å². The molecule has 0 radical (unpaired) electrons. The van der Waals surface area contributed by atoms with Crippen molar-refractivity contribution >= 4 is 23.2 Å². The van der Waals surface area contributed by atoms with Crippen molar-refractivity contribution in [3.05, 3.63) is 33.8 Å². The second kappa shape index (κ2) is 6.97. The minimum absolute atomic E-state index is 0.503. The molecule has 2 unspecified atom stereocenters. The minimum atomic E-state index is 0.503. The molecule has 0 heterocycles. The van der Waals surface area contributed by atoms with E-state index in [1.165, 1.54) is 12.8 Å². The Bertz CT molecular complexity index is 415. The highest BCUT2D eigenvalue weighted by Gasteiger charge is 2.33. The van der Waals surface area contributed by atoms with Crippen LogP contribution >= 0.6 is 23.2 Å². The van der Waals surface area contributed by atoms with Gasteiger partial charge < -0.3 is 5.32 Å². The van der Waals surface area contributed by atoms with Crippen LogP contribution in [0.25, 0.3) is 0 Å². The van der Waals surface area contributed by atoms with Gasteiger partial charge in [-0.2, -0.15) is 0 Å². The third-order valence-electron chi connectivity index (χ3n) is 4.10. The van der Waals surface area contributed by atoms with Gasteiger partial charge in [-0.3, -0.25) is 0 Å². The lowest BCUT2D eigenvalue weighted by Gasteiger charge is -2.26. The highest BCUT2D eigenvalue weighted by molar-refractivity contribution is 6.33. The first kappa shape index (κ1) is 15.2. The third-order valence-corrected chi connectivity index (χ3v) is 4.71. The first-order valence-electron chi connectivity index (χ1n) is 7.29. The maximum atomic E-state index is 6.29. The summed E-state index contributed by atoms with van der Waals surface area (Å²) >= 11 is 12.4. The molecule has 1 aliphatic rings. The van der Waals surface area contributed by atoms with Gasteiger partial charge in [0.2, 0.25) is 0 Å². The lowest BCUT2D eigenvalue weighted by atomic mass is 9.91. The number of hydrogen-bond acceptors (Lipinski definition) is 1. The van der Waals surface area contributed by atoms with Gasteiger partial charge in [0.1, 0.15) is 0 Å². The summed E-state index contributed by atoms with van der Waals surface area (Å²) < 4.78 is 0. The van der Waals surface area contributed by atoms with Crippen molar-refractivity contribution in [3.8, 4) is 0 Å². The van der Waals surface area contributed by atoms with Crippen molar-refractivity contribution < 1.29 is 0 Å². The summed E-state index contributed by atoms with van der Waals surface area (Å²) in [6, 6.07) is 6.26. The van der Waals surface area contributed by atoms with E-state index < -0.39 is 0 Å². The fourth-order valence-electron chi connectivity index (χ4n) is 2.66. The zero-order valence-electron chi connectivity index (χ0n) is 11.8. The fourth-order valence-corrected chi connectivity index (χ4v) is 3.05. The molecule has 1 aromatic carbocycles. The van der Waals surface area contributed by atoms with Crippen molar-refractivity contribution in [2.45, 2.75) is 45.6 Å². The number of nitrogens with one attached hydrogen (secondary N) is 1. The van der Waals surface area contributed by atoms with E-state index in [1.807, 2.05) is 18.2 Å². The fraction of sp³-hybridized carbons (Fsp3) is 0.625. The molecule has 1 aliphatic carbocycles. The highest BCUT2D eigenvalue weighted by atomic mass is 35.5. The van der Waals surface area contributed by atoms with Crippen molar-refractivity contribution in [3.63, 3.8) is 0 Å². The summed E-state index contributed by atoms with van der Waals surface area (Å²) in [5.74, 6) is 1.61. The number of hydrogen-bond donors (Lipinski definition) is 1. The summed E-state index contributed by atoms with van der Waals surface area (Å²) in [7, 11) is 0. The monoisotopic (exact) mass is 299 g/mol. The van der Waals surface area contributed by atoms with Crippen LogP contribution in [0.3, 0.4) is 0 Å². The largest absolute Gasteiger partial charge is 0.313 e. The Morgan fingerprint density at radius 1 is 1.32 bits per heavy atom. The van der Waals surface area contributed by atoms with Crippen LogP contribution in [-0.2, 0) is 6.42 Å². The zero-order valence-corrected chi connectivity index (χ0v) is 13.3. The molecule has 0 amide bonds. The van der Waals surface area contributed by atoms with E-state index in [4.69, 9.17) is 23.2 Å². The normalized spacial score (nSPS) is 18.3. The molecule has 19 heavy (non-hydrogen) atoms. The third kappa shape index (κ3) is 4.37. The summed E-state index contributed by atoms with van der Waals surface area (Å²) in [6.07, 6.45) is 4.90. The van der Waals surface area contributed by atoms with E-state index in [0.29, 0.717) is 12.0 Å². The molecule has 0 aromatic heterocycles. The molecule has 1 N–H and O–H groups in total. The molecule has 1 nitrogen and oxygen atoms in total. The van der Waals surface area contributed by atoms with Crippen LogP contribution in [0.4, 0.5) is 0 Å². The maximum Gasteiger partial charge on any atom is 0.0439 e. The Balaban J connectivity index is 2.07. The van der Waals surface area contributed by atoms with E-state index in [1.54, 1.807) is 0 Å². The van der Waals surface area contributed by atoms with Crippen LogP contribution in [0.15, 0.2) is 18.2 Å².